The SMILES string of the molecule is C=CCOC(=O)C(C)NC(=O)OC(C)(C)C. The molecule has 0 rings (SSSR count). The number of hydrogen-bond donors (Lipinski definition) is 1. The molecule has 0 aliphatic rings. The molecule has 0 aromatic heterocycles. The fourth-order valence-electron chi connectivity index (χ4n) is 0.809. The highest BCUT2D eigenvalue weighted by atomic mass is 16.6. The van der Waals surface area contributed by atoms with Gasteiger partial charge in [-0.15, -0.1) is 0 Å². The molecule has 0 fully saturated rings. The fraction of sp³-hybridized carbons (Fsp3) is 0.636. The third-order valence-corrected chi connectivity index (χ3v) is 1.43. The Morgan fingerprint density at radius 3 is 2.44 bits per heavy atom. The molecule has 1 amide bonds. The van der Waals surface area contributed by atoms with E-state index in [4.69, 9.17) is 9.47 Å². The summed E-state index contributed by atoms with van der Waals surface area (Å²) in [5.74, 6) is -0.522. The average molecular weight is 229 g/mol. The van der Waals surface area contributed by atoms with Crippen LogP contribution in [0.2, 0.25) is 0 Å². The molecule has 0 radical (unpaired) electrons. The minimum Gasteiger partial charge on any atom is -0.460 e. The maximum absolute atomic E-state index is 11.3. The molecule has 0 bridgehead atoms. The van der Waals surface area contributed by atoms with Gasteiger partial charge in [0.1, 0.15) is 18.2 Å². The van der Waals surface area contributed by atoms with Gasteiger partial charge in [0.15, 0.2) is 0 Å². The molecule has 1 atom stereocenters. The van der Waals surface area contributed by atoms with E-state index in [1.165, 1.54) is 13.0 Å². The molecule has 5 nitrogen and oxygen atoms in total. The highest BCUT2D eigenvalue weighted by molar-refractivity contribution is 5.81. The summed E-state index contributed by atoms with van der Waals surface area (Å²) in [5, 5.41) is 2.38. The third-order valence-electron chi connectivity index (χ3n) is 1.43. The monoisotopic (exact) mass is 229 g/mol. The maximum atomic E-state index is 11.3. The van der Waals surface area contributed by atoms with E-state index in [-0.39, 0.29) is 6.61 Å². The number of amides is 1. The van der Waals surface area contributed by atoms with Gasteiger partial charge in [-0.05, 0) is 27.7 Å². The Kier molecular flexibility index (Phi) is 5.56. The molecule has 1 unspecified atom stereocenters. The molecule has 0 saturated heterocycles. The summed E-state index contributed by atoms with van der Waals surface area (Å²) in [6.07, 6.45) is 0.813. The zero-order valence-corrected chi connectivity index (χ0v) is 10.2. The number of carbonyl (C=O) groups is 2. The lowest BCUT2D eigenvalue weighted by Gasteiger charge is -2.21. The first-order chi connectivity index (χ1) is 7.26. The van der Waals surface area contributed by atoms with Gasteiger partial charge in [-0.1, -0.05) is 12.7 Å². The summed E-state index contributed by atoms with van der Waals surface area (Å²) in [4.78, 5) is 22.5. The molecule has 16 heavy (non-hydrogen) atoms. The van der Waals surface area contributed by atoms with E-state index in [0.717, 1.165) is 0 Å². The largest absolute Gasteiger partial charge is 0.460 e. The zero-order chi connectivity index (χ0) is 12.8. The number of carbonyl (C=O) groups excluding carboxylic acids is 2. The van der Waals surface area contributed by atoms with Crippen LogP contribution < -0.4 is 5.32 Å². The minimum atomic E-state index is -0.741. The van der Waals surface area contributed by atoms with Gasteiger partial charge in [-0.25, -0.2) is 9.59 Å². The second kappa shape index (κ2) is 6.15. The van der Waals surface area contributed by atoms with E-state index in [2.05, 4.69) is 11.9 Å². The van der Waals surface area contributed by atoms with E-state index in [9.17, 15) is 9.59 Å². The highest BCUT2D eigenvalue weighted by Crippen LogP contribution is 2.06. The molecule has 1 N–H and O–H groups in total. The third kappa shape index (κ3) is 6.86. The lowest BCUT2D eigenvalue weighted by Crippen LogP contribution is -2.42. The first-order valence-electron chi connectivity index (χ1n) is 5.03. The summed E-state index contributed by atoms with van der Waals surface area (Å²) >= 11 is 0. The smallest absolute Gasteiger partial charge is 0.408 e. The molecule has 5 heteroatoms. The van der Waals surface area contributed by atoms with Gasteiger partial charge in [0.25, 0.3) is 0 Å². The molecule has 92 valence electrons. The molecule has 0 spiro atoms. The van der Waals surface area contributed by atoms with Crippen LogP contribution >= 0.6 is 0 Å². The number of rotatable bonds is 4. The highest BCUT2D eigenvalue weighted by Gasteiger charge is 2.21. The van der Waals surface area contributed by atoms with Crippen molar-refractivity contribution in [2.45, 2.75) is 39.3 Å². The van der Waals surface area contributed by atoms with Crippen molar-refractivity contribution in [1.29, 1.82) is 0 Å². The first kappa shape index (κ1) is 14.5. The summed E-state index contributed by atoms with van der Waals surface area (Å²) in [7, 11) is 0. The Balaban J connectivity index is 4.04. The Bertz CT molecular complexity index is 268. The number of hydrogen-bond acceptors (Lipinski definition) is 4. The van der Waals surface area contributed by atoms with Crippen molar-refractivity contribution in [3.63, 3.8) is 0 Å². The van der Waals surface area contributed by atoms with Crippen molar-refractivity contribution in [2.75, 3.05) is 6.61 Å². The lowest BCUT2D eigenvalue weighted by molar-refractivity contribution is -0.144. The lowest BCUT2D eigenvalue weighted by atomic mass is 10.2. The summed E-state index contributed by atoms with van der Waals surface area (Å²) in [6.45, 7) is 10.3. The van der Waals surface area contributed by atoms with Crippen LogP contribution in [-0.2, 0) is 14.3 Å². The summed E-state index contributed by atoms with van der Waals surface area (Å²) in [6, 6.07) is -0.741. The van der Waals surface area contributed by atoms with Gasteiger partial charge in [-0.2, -0.15) is 0 Å². The van der Waals surface area contributed by atoms with Crippen LogP contribution in [0, 0.1) is 0 Å². The van der Waals surface area contributed by atoms with Gasteiger partial charge in [-0.3, -0.25) is 0 Å². The van der Waals surface area contributed by atoms with Gasteiger partial charge in [0.05, 0.1) is 0 Å². The number of nitrogens with one attached hydrogen (secondary N) is 1. The van der Waals surface area contributed by atoms with Gasteiger partial charge in [0, 0.05) is 0 Å². The van der Waals surface area contributed by atoms with Gasteiger partial charge >= 0.3 is 12.1 Å². The van der Waals surface area contributed by atoms with Crippen molar-refractivity contribution >= 4 is 12.1 Å². The van der Waals surface area contributed by atoms with Gasteiger partial charge in [0.2, 0.25) is 0 Å². The molecule has 0 aliphatic heterocycles. The van der Waals surface area contributed by atoms with E-state index in [1.807, 2.05) is 0 Å². The van der Waals surface area contributed by atoms with Crippen LogP contribution in [-0.4, -0.2) is 30.3 Å². The van der Waals surface area contributed by atoms with Gasteiger partial charge < -0.3 is 14.8 Å². The van der Waals surface area contributed by atoms with Crippen LogP contribution in [0.1, 0.15) is 27.7 Å². The van der Waals surface area contributed by atoms with Crippen molar-refractivity contribution < 1.29 is 19.1 Å². The molecule has 0 heterocycles. The molecule has 0 aromatic rings. The standard InChI is InChI=1S/C11H19NO4/c1-6-7-15-9(13)8(2)12-10(14)16-11(3,4)5/h6,8H,1,7H2,2-5H3,(H,12,14). The zero-order valence-electron chi connectivity index (χ0n) is 10.2. The van der Waals surface area contributed by atoms with Crippen LogP contribution in [0.4, 0.5) is 4.79 Å². The Labute approximate surface area is 95.8 Å². The summed E-state index contributed by atoms with van der Waals surface area (Å²) < 4.78 is 9.74. The number of esters is 1. The minimum absolute atomic E-state index is 0.124. The summed E-state index contributed by atoms with van der Waals surface area (Å²) in [5.41, 5.74) is -0.588. The predicted molar refractivity (Wildman–Crippen MR) is 60.0 cm³/mol. The molecule has 0 aromatic carbocycles. The Morgan fingerprint density at radius 2 is 2.00 bits per heavy atom. The molecular formula is C11H19NO4. The number of ether oxygens (including phenoxy) is 2. The van der Waals surface area contributed by atoms with Crippen molar-refractivity contribution in [3.8, 4) is 0 Å². The second-order valence-corrected chi connectivity index (χ2v) is 4.29. The molecular weight excluding hydrogens is 210 g/mol. The predicted octanol–water partition coefficient (Wildman–Crippen LogP) is 1.63. The maximum Gasteiger partial charge on any atom is 0.408 e. The van der Waals surface area contributed by atoms with Crippen LogP contribution in [0.15, 0.2) is 12.7 Å². The molecule has 0 saturated carbocycles. The van der Waals surface area contributed by atoms with E-state index >= 15 is 0 Å². The van der Waals surface area contributed by atoms with Crippen LogP contribution in [0.3, 0.4) is 0 Å². The van der Waals surface area contributed by atoms with Crippen LogP contribution in [0.5, 0.6) is 0 Å². The quantitative estimate of drug-likeness (QED) is 0.587. The second-order valence-electron chi connectivity index (χ2n) is 4.29. The van der Waals surface area contributed by atoms with E-state index in [1.54, 1.807) is 20.8 Å². The van der Waals surface area contributed by atoms with Crippen LogP contribution in [0.25, 0.3) is 0 Å². The topological polar surface area (TPSA) is 64.6 Å². The number of alkyl carbamates (subject to hydrolysis) is 1. The molecule has 0 aliphatic carbocycles. The van der Waals surface area contributed by atoms with Crippen molar-refractivity contribution in [3.05, 3.63) is 12.7 Å². The normalized spacial score (nSPS) is 12.5. The van der Waals surface area contributed by atoms with Crippen molar-refractivity contribution in [1.82, 2.24) is 5.32 Å². The fourth-order valence-corrected chi connectivity index (χ4v) is 0.809. The Hall–Kier alpha value is -1.52. The Morgan fingerprint density at radius 1 is 1.44 bits per heavy atom. The van der Waals surface area contributed by atoms with E-state index in [0.29, 0.717) is 0 Å². The average Bonchev–Trinajstić information content (AvgIpc) is 2.10. The van der Waals surface area contributed by atoms with E-state index < -0.39 is 23.7 Å². The first-order valence-corrected chi connectivity index (χ1v) is 5.03. The van der Waals surface area contributed by atoms with Crippen molar-refractivity contribution in [2.24, 2.45) is 0 Å².